The molecule has 20 heavy (non-hydrogen) atoms. The van der Waals surface area contributed by atoms with Crippen LogP contribution in [-0.4, -0.2) is 56.5 Å². The Morgan fingerprint density at radius 2 is 2.00 bits per heavy atom. The van der Waals surface area contributed by atoms with Gasteiger partial charge in [-0.15, -0.1) is 0 Å². The van der Waals surface area contributed by atoms with Gasteiger partial charge in [0, 0.05) is 26.2 Å². The molecule has 2 atom stereocenters. The summed E-state index contributed by atoms with van der Waals surface area (Å²) in [5.74, 6) is 0.849. The molecule has 1 aromatic carbocycles. The quantitative estimate of drug-likeness (QED) is 0.847. The monoisotopic (exact) mass is 279 g/mol. The number of nitrogens with two attached hydrogens (primary N) is 1. The first-order valence-corrected chi connectivity index (χ1v) is 6.66. The van der Waals surface area contributed by atoms with E-state index in [1.807, 2.05) is 43.1 Å². The molecule has 5 nitrogen and oxygen atoms in total. The van der Waals surface area contributed by atoms with Crippen molar-refractivity contribution >= 4 is 5.91 Å². The summed E-state index contributed by atoms with van der Waals surface area (Å²) in [6.45, 7) is 2.27. The number of hydrogen-bond donors (Lipinski definition) is 1. The molecule has 0 spiro atoms. The Balaban J connectivity index is 2.95. The summed E-state index contributed by atoms with van der Waals surface area (Å²) in [5, 5.41) is 0. The zero-order chi connectivity index (χ0) is 15.3. The molecule has 0 aliphatic rings. The van der Waals surface area contributed by atoms with Crippen molar-refractivity contribution in [2.45, 2.75) is 19.0 Å². The van der Waals surface area contributed by atoms with E-state index in [9.17, 15) is 4.79 Å². The Hall–Kier alpha value is -1.59. The van der Waals surface area contributed by atoms with Gasteiger partial charge in [0.25, 0.3) is 0 Å². The number of hydrogen-bond acceptors (Lipinski definition) is 4. The molecule has 0 saturated heterocycles. The van der Waals surface area contributed by atoms with Crippen molar-refractivity contribution in [1.29, 1.82) is 0 Å². The van der Waals surface area contributed by atoms with E-state index in [-0.39, 0.29) is 18.0 Å². The van der Waals surface area contributed by atoms with Crippen LogP contribution in [0.1, 0.15) is 18.5 Å². The third-order valence-corrected chi connectivity index (χ3v) is 3.29. The van der Waals surface area contributed by atoms with Crippen LogP contribution < -0.4 is 10.5 Å². The summed E-state index contributed by atoms with van der Waals surface area (Å²) in [5.41, 5.74) is 7.16. The number of benzene rings is 1. The topological polar surface area (TPSA) is 58.8 Å². The standard InChI is InChI=1S/C15H25N3O2/c1-11(16)15(18(4)10-14(19)17(2)3)12-7-6-8-13(9-12)20-5/h6-9,11,15H,10,16H2,1-5H3. The molecule has 0 radical (unpaired) electrons. The molecule has 0 saturated carbocycles. The fourth-order valence-electron chi connectivity index (χ4n) is 2.24. The van der Waals surface area contributed by atoms with Gasteiger partial charge < -0.3 is 15.4 Å². The van der Waals surface area contributed by atoms with Crippen LogP contribution in [0.4, 0.5) is 0 Å². The summed E-state index contributed by atoms with van der Waals surface area (Å²) >= 11 is 0. The summed E-state index contributed by atoms with van der Waals surface area (Å²) in [4.78, 5) is 15.4. The molecule has 0 aromatic heterocycles. The highest BCUT2D eigenvalue weighted by Crippen LogP contribution is 2.25. The number of carbonyl (C=O) groups is 1. The second kappa shape index (κ2) is 7.26. The van der Waals surface area contributed by atoms with Crippen LogP contribution in [0, 0.1) is 0 Å². The molecular weight excluding hydrogens is 254 g/mol. The van der Waals surface area contributed by atoms with E-state index in [1.54, 1.807) is 26.1 Å². The smallest absolute Gasteiger partial charge is 0.236 e. The largest absolute Gasteiger partial charge is 0.497 e. The number of ether oxygens (including phenoxy) is 1. The molecule has 0 aliphatic heterocycles. The first-order chi connectivity index (χ1) is 9.36. The number of methoxy groups -OCH3 is 1. The van der Waals surface area contributed by atoms with Crippen molar-refractivity contribution in [3.05, 3.63) is 29.8 Å². The Labute approximate surface area is 121 Å². The molecular formula is C15H25N3O2. The maximum atomic E-state index is 11.9. The van der Waals surface area contributed by atoms with Gasteiger partial charge in [-0.3, -0.25) is 9.69 Å². The lowest BCUT2D eigenvalue weighted by molar-refractivity contribution is -0.130. The van der Waals surface area contributed by atoms with Gasteiger partial charge in [0.15, 0.2) is 0 Å². The molecule has 0 bridgehead atoms. The van der Waals surface area contributed by atoms with Gasteiger partial charge in [-0.2, -0.15) is 0 Å². The van der Waals surface area contributed by atoms with E-state index in [1.165, 1.54) is 0 Å². The van der Waals surface area contributed by atoms with E-state index in [0.29, 0.717) is 6.54 Å². The second-order valence-electron chi connectivity index (χ2n) is 5.28. The fourth-order valence-corrected chi connectivity index (χ4v) is 2.24. The minimum Gasteiger partial charge on any atom is -0.497 e. The average Bonchev–Trinajstić information content (AvgIpc) is 2.38. The van der Waals surface area contributed by atoms with Crippen LogP contribution in [-0.2, 0) is 4.79 Å². The summed E-state index contributed by atoms with van der Waals surface area (Å²) < 4.78 is 5.25. The Bertz CT molecular complexity index is 446. The predicted octanol–water partition coefficient (Wildman–Crippen LogP) is 1.10. The van der Waals surface area contributed by atoms with E-state index >= 15 is 0 Å². The lowest BCUT2D eigenvalue weighted by Crippen LogP contribution is -2.42. The SMILES string of the molecule is COc1cccc(C(C(C)N)N(C)CC(=O)N(C)C)c1. The van der Waals surface area contributed by atoms with Crippen LogP contribution in [0.5, 0.6) is 5.75 Å². The third kappa shape index (κ3) is 4.21. The van der Waals surface area contributed by atoms with Crippen molar-refractivity contribution in [2.75, 3.05) is 34.8 Å². The van der Waals surface area contributed by atoms with Gasteiger partial charge in [0.05, 0.1) is 13.7 Å². The summed E-state index contributed by atoms with van der Waals surface area (Å²) in [7, 11) is 7.05. The normalized spacial score (nSPS) is 13.9. The van der Waals surface area contributed by atoms with Crippen molar-refractivity contribution in [3.63, 3.8) is 0 Å². The third-order valence-electron chi connectivity index (χ3n) is 3.29. The molecule has 2 N–H and O–H groups in total. The highest BCUT2D eigenvalue weighted by atomic mass is 16.5. The molecule has 1 amide bonds. The summed E-state index contributed by atoms with van der Waals surface area (Å²) in [6.07, 6.45) is 0. The Kier molecular flexibility index (Phi) is 5.98. The van der Waals surface area contributed by atoms with Crippen LogP contribution in [0.25, 0.3) is 0 Å². The van der Waals surface area contributed by atoms with Gasteiger partial charge in [-0.25, -0.2) is 0 Å². The molecule has 1 rings (SSSR count). The van der Waals surface area contributed by atoms with E-state index in [4.69, 9.17) is 10.5 Å². The molecule has 5 heteroatoms. The minimum atomic E-state index is -0.0953. The van der Waals surface area contributed by atoms with Gasteiger partial charge in [0.2, 0.25) is 5.91 Å². The number of carbonyl (C=O) groups excluding carboxylic acids is 1. The Morgan fingerprint density at radius 3 is 2.50 bits per heavy atom. The average molecular weight is 279 g/mol. The van der Waals surface area contributed by atoms with Crippen LogP contribution in [0.2, 0.25) is 0 Å². The van der Waals surface area contributed by atoms with Gasteiger partial charge in [-0.1, -0.05) is 12.1 Å². The predicted molar refractivity (Wildman–Crippen MR) is 80.7 cm³/mol. The number of amides is 1. The summed E-state index contributed by atoms with van der Waals surface area (Å²) in [6, 6.07) is 7.67. The van der Waals surface area contributed by atoms with Crippen LogP contribution >= 0.6 is 0 Å². The van der Waals surface area contributed by atoms with Crippen molar-refractivity contribution in [2.24, 2.45) is 5.73 Å². The lowest BCUT2D eigenvalue weighted by Gasteiger charge is -2.31. The van der Waals surface area contributed by atoms with Crippen molar-refractivity contribution in [3.8, 4) is 5.75 Å². The molecule has 0 heterocycles. The first kappa shape index (κ1) is 16.5. The highest BCUT2D eigenvalue weighted by molar-refractivity contribution is 5.77. The molecule has 2 unspecified atom stereocenters. The van der Waals surface area contributed by atoms with Crippen molar-refractivity contribution in [1.82, 2.24) is 9.80 Å². The number of likely N-dealkylation sites (N-methyl/N-ethyl adjacent to an activating group) is 2. The minimum absolute atomic E-state index is 0.0333. The zero-order valence-corrected chi connectivity index (χ0v) is 13.0. The maximum absolute atomic E-state index is 11.9. The molecule has 112 valence electrons. The molecule has 0 aliphatic carbocycles. The maximum Gasteiger partial charge on any atom is 0.236 e. The molecule has 1 aromatic rings. The van der Waals surface area contributed by atoms with Crippen LogP contribution in [0.3, 0.4) is 0 Å². The van der Waals surface area contributed by atoms with E-state index in [2.05, 4.69) is 0 Å². The van der Waals surface area contributed by atoms with Gasteiger partial charge >= 0.3 is 0 Å². The van der Waals surface area contributed by atoms with Gasteiger partial charge in [-0.05, 0) is 31.7 Å². The number of nitrogens with zero attached hydrogens (tertiary/aromatic N) is 2. The first-order valence-electron chi connectivity index (χ1n) is 6.66. The Morgan fingerprint density at radius 1 is 1.35 bits per heavy atom. The van der Waals surface area contributed by atoms with E-state index in [0.717, 1.165) is 11.3 Å². The zero-order valence-electron chi connectivity index (χ0n) is 13.0. The van der Waals surface area contributed by atoms with Crippen LogP contribution in [0.15, 0.2) is 24.3 Å². The lowest BCUT2D eigenvalue weighted by atomic mass is 9.99. The molecule has 0 fully saturated rings. The van der Waals surface area contributed by atoms with Gasteiger partial charge in [0.1, 0.15) is 5.75 Å². The number of rotatable bonds is 6. The van der Waals surface area contributed by atoms with E-state index < -0.39 is 0 Å². The highest BCUT2D eigenvalue weighted by Gasteiger charge is 2.23. The second-order valence-corrected chi connectivity index (χ2v) is 5.28. The van der Waals surface area contributed by atoms with Crippen molar-refractivity contribution < 1.29 is 9.53 Å². The fraction of sp³-hybridized carbons (Fsp3) is 0.533.